The van der Waals surface area contributed by atoms with Gasteiger partial charge in [-0.15, -0.1) is 0 Å². The van der Waals surface area contributed by atoms with Crippen molar-refractivity contribution in [1.82, 2.24) is 5.32 Å². The SMILES string of the molecule is CCCCNC(=O)c1ccc2c(c1)CCCc1cc(Cl)ccc1N(C(C)=O)C2. The van der Waals surface area contributed by atoms with Gasteiger partial charge in [-0.25, -0.2) is 0 Å². The van der Waals surface area contributed by atoms with Crippen LogP contribution in [-0.2, 0) is 24.2 Å². The number of unbranched alkanes of at least 4 members (excludes halogenated alkanes) is 1. The molecule has 0 radical (unpaired) electrons. The van der Waals surface area contributed by atoms with Crippen LogP contribution in [-0.4, -0.2) is 18.4 Å². The highest BCUT2D eigenvalue weighted by Crippen LogP contribution is 2.30. The van der Waals surface area contributed by atoms with Crippen molar-refractivity contribution >= 4 is 29.1 Å². The monoisotopic (exact) mass is 398 g/mol. The van der Waals surface area contributed by atoms with Crippen LogP contribution in [0.3, 0.4) is 0 Å². The summed E-state index contributed by atoms with van der Waals surface area (Å²) in [6.45, 7) is 4.88. The number of halogens is 1. The topological polar surface area (TPSA) is 49.4 Å². The maximum Gasteiger partial charge on any atom is 0.251 e. The molecule has 1 aliphatic rings. The van der Waals surface area contributed by atoms with Crippen LogP contribution < -0.4 is 10.2 Å². The van der Waals surface area contributed by atoms with Gasteiger partial charge in [0.2, 0.25) is 5.91 Å². The highest BCUT2D eigenvalue weighted by atomic mass is 35.5. The molecule has 0 aromatic heterocycles. The number of carbonyl (C=O) groups is 2. The van der Waals surface area contributed by atoms with Crippen LogP contribution in [0.25, 0.3) is 0 Å². The van der Waals surface area contributed by atoms with Crippen LogP contribution >= 0.6 is 11.6 Å². The van der Waals surface area contributed by atoms with E-state index in [1.807, 2.05) is 36.4 Å². The Bertz CT molecular complexity index is 879. The Labute approximate surface area is 171 Å². The predicted octanol–water partition coefficient (Wildman–Crippen LogP) is 4.91. The fourth-order valence-electron chi connectivity index (χ4n) is 3.66. The molecule has 0 bridgehead atoms. The Kier molecular flexibility index (Phi) is 6.74. The van der Waals surface area contributed by atoms with E-state index in [0.29, 0.717) is 23.7 Å². The Morgan fingerprint density at radius 2 is 1.86 bits per heavy atom. The van der Waals surface area contributed by atoms with Crippen LogP contribution in [0.15, 0.2) is 36.4 Å². The highest BCUT2D eigenvalue weighted by molar-refractivity contribution is 6.30. The number of nitrogens with one attached hydrogen (secondary N) is 1. The minimum atomic E-state index is -0.0328. The normalized spacial score (nSPS) is 13.6. The standard InChI is InChI=1S/C23H27ClN2O2/c1-3-4-12-25-23(28)19-8-9-20-15-26(16(2)27)22-11-10-21(24)14-18(22)7-5-6-17(20)13-19/h8-11,13-14H,3-7,12,15H2,1-2H3,(H,25,28). The van der Waals surface area contributed by atoms with Gasteiger partial charge in [0.25, 0.3) is 5.91 Å². The minimum Gasteiger partial charge on any atom is -0.352 e. The molecule has 28 heavy (non-hydrogen) atoms. The van der Waals surface area contributed by atoms with Gasteiger partial charge in [0, 0.05) is 29.7 Å². The van der Waals surface area contributed by atoms with Gasteiger partial charge in [0.1, 0.15) is 0 Å². The zero-order chi connectivity index (χ0) is 20.1. The molecule has 2 aromatic rings. The number of aryl methyl sites for hydroxylation is 2. The van der Waals surface area contributed by atoms with Gasteiger partial charge in [0.15, 0.2) is 0 Å². The number of hydrogen-bond acceptors (Lipinski definition) is 2. The minimum absolute atomic E-state index is 0.00203. The third-order valence-corrected chi connectivity index (χ3v) is 5.45. The van der Waals surface area contributed by atoms with Crippen molar-refractivity contribution in [1.29, 1.82) is 0 Å². The summed E-state index contributed by atoms with van der Waals surface area (Å²) >= 11 is 6.19. The third kappa shape index (κ3) is 4.74. The fraction of sp³-hybridized carbons (Fsp3) is 0.391. The predicted molar refractivity (Wildman–Crippen MR) is 114 cm³/mol. The molecule has 1 N–H and O–H groups in total. The first-order valence-electron chi connectivity index (χ1n) is 9.96. The van der Waals surface area contributed by atoms with Crippen molar-refractivity contribution in [2.24, 2.45) is 0 Å². The van der Waals surface area contributed by atoms with E-state index in [1.165, 1.54) is 0 Å². The molecule has 148 valence electrons. The second kappa shape index (κ2) is 9.24. The molecule has 1 heterocycles. The van der Waals surface area contributed by atoms with Gasteiger partial charge in [-0.3, -0.25) is 9.59 Å². The van der Waals surface area contributed by atoms with Gasteiger partial charge >= 0.3 is 0 Å². The smallest absolute Gasteiger partial charge is 0.251 e. The average molecular weight is 399 g/mol. The third-order valence-electron chi connectivity index (χ3n) is 5.22. The first-order valence-corrected chi connectivity index (χ1v) is 10.3. The van der Waals surface area contributed by atoms with E-state index in [4.69, 9.17) is 11.6 Å². The first kappa shape index (κ1) is 20.4. The zero-order valence-corrected chi connectivity index (χ0v) is 17.3. The summed E-state index contributed by atoms with van der Waals surface area (Å²) < 4.78 is 0. The molecular formula is C23H27ClN2O2. The lowest BCUT2D eigenvalue weighted by molar-refractivity contribution is -0.116. The van der Waals surface area contributed by atoms with Crippen molar-refractivity contribution < 1.29 is 9.59 Å². The summed E-state index contributed by atoms with van der Waals surface area (Å²) in [5.41, 5.74) is 4.92. The molecule has 3 rings (SSSR count). The number of nitrogens with zero attached hydrogens (tertiary/aromatic N) is 1. The molecular weight excluding hydrogens is 372 g/mol. The summed E-state index contributed by atoms with van der Waals surface area (Å²) in [5.74, 6) is -0.0348. The molecule has 0 aliphatic carbocycles. The highest BCUT2D eigenvalue weighted by Gasteiger charge is 2.20. The summed E-state index contributed by atoms with van der Waals surface area (Å²) in [5, 5.41) is 3.66. The maximum atomic E-state index is 12.4. The first-order chi connectivity index (χ1) is 13.5. The summed E-state index contributed by atoms with van der Waals surface area (Å²) in [6, 6.07) is 11.5. The number of carbonyl (C=O) groups excluding carboxylic acids is 2. The number of rotatable bonds is 4. The maximum absolute atomic E-state index is 12.4. The number of amides is 2. The molecule has 0 unspecified atom stereocenters. The van der Waals surface area contributed by atoms with E-state index in [1.54, 1.807) is 11.8 Å². The molecule has 2 aromatic carbocycles. The van der Waals surface area contributed by atoms with E-state index in [0.717, 1.165) is 54.5 Å². The molecule has 0 saturated heterocycles. The summed E-state index contributed by atoms with van der Waals surface area (Å²) in [7, 11) is 0. The van der Waals surface area contributed by atoms with Crippen molar-refractivity contribution in [2.45, 2.75) is 52.5 Å². The fourth-order valence-corrected chi connectivity index (χ4v) is 3.85. The van der Waals surface area contributed by atoms with Crippen molar-refractivity contribution in [2.75, 3.05) is 11.4 Å². The zero-order valence-electron chi connectivity index (χ0n) is 16.6. The van der Waals surface area contributed by atoms with E-state index < -0.39 is 0 Å². The van der Waals surface area contributed by atoms with Gasteiger partial charge in [-0.1, -0.05) is 31.0 Å². The average Bonchev–Trinajstić information content (AvgIpc) is 2.74. The molecule has 0 saturated carbocycles. The summed E-state index contributed by atoms with van der Waals surface area (Å²) in [6.07, 6.45) is 4.67. The van der Waals surface area contributed by atoms with Crippen molar-refractivity contribution in [3.05, 3.63) is 63.7 Å². The van der Waals surface area contributed by atoms with E-state index >= 15 is 0 Å². The lowest BCUT2D eigenvalue weighted by Gasteiger charge is -2.24. The molecule has 0 atom stereocenters. The quantitative estimate of drug-likeness (QED) is 0.743. The van der Waals surface area contributed by atoms with E-state index in [2.05, 4.69) is 12.2 Å². The van der Waals surface area contributed by atoms with Gasteiger partial charge in [-0.05, 0) is 72.7 Å². The lowest BCUT2D eigenvalue weighted by Crippen LogP contribution is -2.29. The van der Waals surface area contributed by atoms with Crippen molar-refractivity contribution in [3.63, 3.8) is 0 Å². The largest absolute Gasteiger partial charge is 0.352 e. The Hall–Kier alpha value is -2.33. The Morgan fingerprint density at radius 1 is 1.07 bits per heavy atom. The Balaban J connectivity index is 1.91. The number of anilines is 1. The van der Waals surface area contributed by atoms with Gasteiger partial charge in [-0.2, -0.15) is 0 Å². The number of hydrogen-bond donors (Lipinski definition) is 1. The van der Waals surface area contributed by atoms with Crippen LogP contribution in [0.2, 0.25) is 5.02 Å². The molecule has 5 heteroatoms. The second-order valence-corrected chi connectivity index (χ2v) is 7.76. The van der Waals surface area contributed by atoms with Crippen LogP contribution in [0, 0.1) is 0 Å². The van der Waals surface area contributed by atoms with Crippen LogP contribution in [0.5, 0.6) is 0 Å². The molecule has 2 amide bonds. The summed E-state index contributed by atoms with van der Waals surface area (Å²) in [4.78, 5) is 26.6. The van der Waals surface area contributed by atoms with E-state index in [-0.39, 0.29) is 11.8 Å². The lowest BCUT2D eigenvalue weighted by atomic mass is 9.98. The Morgan fingerprint density at radius 3 is 2.61 bits per heavy atom. The van der Waals surface area contributed by atoms with E-state index in [9.17, 15) is 9.59 Å². The molecule has 1 aliphatic heterocycles. The molecule has 0 spiro atoms. The second-order valence-electron chi connectivity index (χ2n) is 7.32. The van der Waals surface area contributed by atoms with Gasteiger partial charge in [0.05, 0.1) is 6.54 Å². The van der Waals surface area contributed by atoms with Crippen molar-refractivity contribution in [3.8, 4) is 0 Å². The van der Waals surface area contributed by atoms with Crippen LogP contribution in [0.1, 0.15) is 60.2 Å². The molecule has 0 fully saturated rings. The van der Waals surface area contributed by atoms with Gasteiger partial charge < -0.3 is 10.2 Å². The number of fused-ring (bicyclic) bond motifs is 2. The van der Waals surface area contributed by atoms with Crippen LogP contribution in [0.4, 0.5) is 5.69 Å². The molecule has 4 nitrogen and oxygen atoms in total. The number of benzene rings is 2.